The molecule has 0 radical (unpaired) electrons. The van der Waals surface area contributed by atoms with Crippen molar-refractivity contribution < 1.29 is 0 Å². The van der Waals surface area contributed by atoms with Crippen LogP contribution in [-0.2, 0) is 6.42 Å². The van der Waals surface area contributed by atoms with Gasteiger partial charge in [0.25, 0.3) is 0 Å². The van der Waals surface area contributed by atoms with Crippen LogP contribution in [0.25, 0.3) is 0 Å². The molecule has 84 valence electrons. The summed E-state index contributed by atoms with van der Waals surface area (Å²) in [7, 11) is 0. The van der Waals surface area contributed by atoms with Crippen LogP contribution in [0.4, 0.5) is 5.69 Å². The quantitative estimate of drug-likeness (QED) is 0.720. The minimum absolute atomic E-state index is 0.587. The van der Waals surface area contributed by atoms with Crippen molar-refractivity contribution in [2.75, 3.05) is 11.2 Å². The largest absolute Gasteiger partial charge is 0.382 e. The van der Waals surface area contributed by atoms with E-state index in [1.165, 1.54) is 24.1 Å². The van der Waals surface area contributed by atoms with Crippen LogP contribution in [0.5, 0.6) is 0 Å². The van der Waals surface area contributed by atoms with Crippen molar-refractivity contribution in [3.8, 4) is 0 Å². The highest BCUT2D eigenvalue weighted by molar-refractivity contribution is 6.17. The van der Waals surface area contributed by atoms with E-state index in [9.17, 15) is 0 Å². The fourth-order valence-corrected chi connectivity index (χ4v) is 1.82. The molecular formula is C13H20ClN. The Morgan fingerprint density at radius 1 is 1.13 bits per heavy atom. The van der Waals surface area contributed by atoms with E-state index < -0.39 is 0 Å². The maximum Gasteiger partial charge on any atom is 0.0342 e. The molecule has 1 nitrogen and oxygen atoms in total. The molecular weight excluding hydrogens is 206 g/mol. The molecule has 0 aromatic heterocycles. The van der Waals surface area contributed by atoms with Crippen LogP contribution in [-0.4, -0.2) is 11.9 Å². The highest BCUT2D eigenvalue weighted by Crippen LogP contribution is 2.13. The Balaban J connectivity index is 2.55. The van der Waals surface area contributed by atoms with Crippen LogP contribution in [0.2, 0.25) is 0 Å². The van der Waals surface area contributed by atoms with Crippen molar-refractivity contribution in [3.63, 3.8) is 0 Å². The Labute approximate surface area is 97.8 Å². The zero-order valence-corrected chi connectivity index (χ0v) is 10.3. The van der Waals surface area contributed by atoms with E-state index in [4.69, 9.17) is 11.6 Å². The molecule has 2 heteroatoms. The Kier molecular flexibility index (Phi) is 5.56. The molecule has 0 fully saturated rings. The standard InChI is InChI=1S/C13H20ClN/c1-3-12(4-2)15-13-7-5-11(6-8-13)9-10-14/h5-8,12,15H,3-4,9-10H2,1-2H3. The molecule has 0 aliphatic carbocycles. The number of aryl methyl sites for hydroxylation is 1. The molecule has 0 spiro atoms. The van der Waals surface area contributed by atoms with E-state index in [2.05, 4.69) is 43.4 Å². The highest BCUT2D eigenvalue weighted by Gasteiger charge is 2.02. The molecule has 0 saturated carbocycles. The third-order valence-corrected chi connectivity index (χ3v) is 2.88. The van der Waals surface area contributed by atoms with Crippen LogP contribution in [0, 0.1) is 0 Å². The highest BCUT2D eigenvalue weighted by atomic mass is 35.5. The van der Waals surface area contributed by atoms with Crippen LogP contribution in [0.1, 0.15) is 32.3 Å². The van der Waals surface area contributed by atoms with Gasteiger partial charge >= 0.3 is 0 Å². The lowest BCUT2D eigenvalue weighted by molar-refractivity contribution is 0.672. The predicted octanol–water partition coefficient (Wildman–Crippen LogP) is 4.07. The zero-order valence-electron chi connectivity index (χ0n) is 9.59. The molecule has 0 aliphatic rings. The van der Waals surface area contributed by atoms with Gasteiger partial charge in [0.2, 0.25) is 0 Å². The molecule has 0 aliphatic heterocycles. The minimum atomic E-state index is 0.587. The Morgan fingerprint density at radius 3 is 2.20 bits per heavy atom. The summed E-state index contributed by atoms with van der Waals surface area (Å²) in [5.41, 5.74) is 2.52. The minimum Gasteiger partial charge on any atom is -0.382 e. The zero-order chi connectivity index (χ0) is 11.1. The summed E-state index contributed by atoms with van der Waals surface area (Å²) in [4.78, 5) is 0. The van der Waals surface area contributed by atoms with Crippen LogP contribution >= 0.6 is 11.6 Å². The SMILES string of the molecule is CCC(CC)Nc1ccc(CCCl)cc1. The third kappa shape index (κ3) is 4.13. The maximum atomic E-state index is 5.69. The van der Waals surface area contributed by atoms with Gasteiger partial charge in [-0.05, 0) is 37.0 Å². The molecule has 0 unspecified atom stereocenters. The first-order valence-electron chi connectivity index (χ1n) is 5.71. The van der Waals surface area contributed by atoms with E-state index in [1.54, 1.807) is 0 Å². The number of benzene rings is 1. The van der Waals surface area contributed by atoms with Crippen molar-refractivity contribution in [3.05, 3.63) is 29.8 Å². The lowest BCUT2D eigenvalue weighted by Crippen LogP contribution is -2.16. The van der Waals surface area contributed by atoms with E-state index >= 15 is 0 Å². The summed E-state index contributed by atoms with van der Waals surface area (Å²) in [5.74, 6) is 0.694. The van der Waals surface area contributed by atoms with Gasteiger partial charge in [-0.25, -0.2) is 0 Å². The molecule has 0 bridgehead atoms. The van der Waals surface area contributed by atoms with Crippen molar-refractivity contribution in [1.29, 1.82) is 0 Å². The molecule has 0 atom stereocenters. The van der Waals surface area contributed by atoms with Gasteiger partial charge in [0.05, 0.1) is 0 Å². The first-order chi connectivity index (χ1) is 7.30. The number of nitrogens with one attached hydrogen (secondary N) is 1. The summed E-state index contributed by atoms with van der Waals surface area (Å²) < 4.78 is 0. The summed E-state index contributed by atoms with van der Waals surface area (Å²) in [6.45, 7) is 4.42. The normalized spacial score (nSPS) is 10.7. The molecule has 0 saturated heterocycles. The maximum absolute atomic E-state index is 5.69. The summed E-state index contributed by atoms with van der Waals surface area (Å²) in [5, 5.41) is 3.51. The number of alkyl halides is 1. The number of anilines is 1. The molecule has 1 N–H and O–H groups in total. The second kappa shape index (κ2) is 6.73. The molecule has 1 aromatic rings. The number of hydrogen-bond acceptors (Lipinski definition) is 1. The average molecular weight is 226 g/mol. The van der Waals surface area contributed by atoms with Crippen molar-refractivity contribution in [2.45, 2.75) is 39.2 Å². The second-order valence-electron chi connectivity index (χ2n) is 3.79. The predicted molar refractivity (Wildman–Crippen MR) is 68.9 cm³/mol. The Bertz CT molecular complexity index is 264. The van der Waals surface area contributed by atoms with Gasteiger partial charge in [0.15, 0.2) is 0 Å². The third-order valence-electron chi connectivity index (χ3n) is 2.69. The Morgan fingerprint density at radius 2 is 1.73 bits per heavy atom. The second-order valence-corrected chi connectivity index (χ2v) is 4.17. The van der Waals surface area contributed by atoms with E-state index in [-0.39, 0.29) is 0 Å². The first kappa shape index (κ1) is 12.4. The van der Waals surface area contributed by atoms with Gasteiger partial charge < -0.3 is 5.32 Å². The van der Waals surface area contributed by atoms with Crippen molar-refractivity contribution in [2.24, 2.45) is 0 Å². The lowest BCUT2D eigenvalue weighted by Gasteiger charge is -2.16. The summed E-state index contributed by atoms with van der Waals surface area (Å²) in [6.07, 6.45) is 3.28. The van der Waals surface area contributed by atoms with Crippen LogP contribution in [0.3, 0.4) is 0 Å². The number of hydrogen-bond donors (Lipinski definition) is 1. The van der Waals surface area contributed by atoms with Crippen molar-refractivity contribution >= 4 is 17.3 Å². The topological polar surface area (TPSA) is 12.0 Å². The van der Waals surface area contributed by atoms with Gasteiger partial charge in [-0.2, -0.15) is 0 Å². The van der Waals surface area contributed by atoms with Gasteiger partial charge in [-0.3, -0.25) is 0 Å². The summed E-state index contributed by atoms with van der Waals surface area (Å²) in [6, 6.07) is 9.16. The van der Waals surface area contributed by atoms with Gasteiger partial charge in [0, 0.05) is 17.6 Å². The average Bonchev–Trinajstić information content (AvgIpc) is 2.28. The van der Waals surface area contributed by atoms with E-state index in [1.807, 2.05) is 0 Å². The van der Waals surface area contributed by atoms with Gasteiger partial charge in [-0.1, -0.05) is 26.0 Å². The lowest BCUT2D eigenvalue weighted by atomic mass is 10.1. The van der Waals surface area contributed by atoms with Gasteiger partial charge in [0.1, 0.15) is 0 Å². The van der Waals surface area contributed by atoms with E-state index in [0.29, 0.717) is 11.9 Å². The smallest absolute Gasteiger partial charge is 0.0342 e. The molecule has 1 rings (SSSR count). The monoisotopic (exact) mass is 225 g/mol. The van der Waals surface area contributed by atoms with Crippen molar-refractivity contribution in [1.82, 2.24) is 0 Å². The summed E-state index contributed by atoms with van der Waals surface area (Å²) >= 11 is 5.69. The molecule has 1 aromatic carbocycles. The fraction of sp³-hybridized carbons (Fsp3) is 0.538. The van der Waals surface area contributed by atoms with Crippen LogP contribution in [0.15, 0.2) is 24.3 Å². The molecule has 15 heavy (non-hydrogen) atoms. The van der Waals surface area contributed by atoms with Gasteiger partial charge in [-0.15, -0.1) is 11.6 Å². The molecule has 0 heterocycles. The Hall–Kier alpha value is -0.690. The van der Waals surface area contributed by atoms with Crippen LogP contribution < -0.4 is 5.32 Å². The number of rotatable bonds is 6. The fourth-order valence-electron chi connectivity index (χ4n) is 1.61. The first-order valence-corrected chi connectivity index (χ1v) is 6.25. The van der Waals surface area contributed by atoms with E-state index in [0.717, 1.165) is 6.42 Å². The number of halogens is 1. The molecule has 0 amide bonds.